The van der Waals surface area contributed by atoms with Crippen LogP contribution < -0.4 is 10.0 Å². The van der Waals surface area contributed by atoms with Crippen molar-refractivity contribution in [3.63, 3.8) is 0 Å². The molecule has 0 saturated heterocycles. The zero-order valence-electron chi connectivity index (χ0n) is 12.6. The number of likely N-dealkylation sites (N-methyl/N-ethyl adjacent to an activating group) is 1. The highest BCUT2D eigenvalue weighted by Crippen LogP contribution is 2.21. The van der Waals surface area contributed by atoms with Crippen LogP contribution in [0.4, 0.5) is 0 Å². The topological polar surface area (TPSA) is 61.4 Å². The standard InChI is InChI=1S/C13H25N3O2S2/c1-11(2)14-8-7-12-5-6-13(19-12)20(17,18)15-9-10-16(3)4/h5-6,11,14-15H,7-10H2,1-4H3. The highest BCUT2D eigenvalue weighted by Gasteiger charge is 2.16. The van der Waals surface area contributed by atoms with Gasteiger partial charge in [-0.1, -0.05) is 13.8 Å². The lowest BCUT2D eigenvalue weighted by molar-refractivity contribution is 0.412. The number of thiophene rings is 1. The highest BCUT2D eigenvalue weighted by molar-refractivity contribution is 7.91. The van der Waals surface area contributed by atoms with Crippen LogP contribution in [0.15, 0.2) is 16.3 Å². The third-order valence-electron chi connectivity index (χ3n) is 2.68. The van der Waals surface area contributed by atoms with E-state index in [2.05, 4.69) is 23.9 Å². The van der Waals surface area contributed by atoms with Crippen LogP contribution in [-0.4, -0.2) is 53.1 Å². The quantitative estimate of drug-likeness (QED) is 0.716. The summed E-state index contributed by atoms with van der Waals surface area (Å²) in [5.74, 6) is 0. The van der Waals surface area contributed by atoms with Crippen LogP contribution in [0.25, 0.3) is 0 Å². The van der Waals surface area contributed by atoms with E-state index in [0.29, 0.717) is 23.3 Å². The van der Waals surface area contributed by atoms with Gasteiger partial charge in [-0.05, 0) is 32.6 Å². The molecular formula is C13H25N3O2S2. The number of nitrogens with one attached hydrogen (secondary N) is 2. The molecule has 0 bridgehead atoms. The Hall–Kier alpha value is -0.470. The van der Waals surface area contributed by atoms with Crippen LogP contribution in [-0.2, 0) is 16.4 Å². The van der Waals surface area contributed by atoms with Gasteiger partial charge in [0.1, 0.15) is 4.21 Å². The van der Waals surface area contributed by atoms with E-state index < -0.39 is 10.0 Å². The zero-order chi connectivity index (χ0) is 15.2. The lowest BCUT2D eigenvalue weighted by atomic mass is 10.3. The Morgan fingerprint density at radius 3 is 2.55 bits per heavy atom. The summed E-state index contributed by atoms with van der Waals surface area (Å²) in [5, 5.41) is 3.32. The summed E-state index contributed by atoms with van der Waals surface area (Å²) in [6.45, 7) is 6.18. The summed E-state index contributed by atoms with van der Waals surface area (Å²) in [6.07, 6.45) is 0.857. The van der Waals surface area contributed by atoms with Gasteiger partial charge in [-0.15, -0.1) is 11.3 Å². The van der Waals surface area contributed by atoms with Gasteiger partial charge in [0.25, 0.3) is 0 Å². The van der Waals surface area contributed by atoms with Gasteiger partial charge < -0.3 is 10.2 Å². The van der Waals surface area contributed by atoms with Gasteiger partial charge in [-0.2, -0.15) is 0 Å². The average Bonchev–Trinajstić information content (AvgIpc) is 2.77. The second-order valence-electron chi connectivity index (χ2n) is 5.28. The molecule has 0 atom stereocenters. The number of nitrogens with zero attached hydrogens (tertiary/aromatic N) is 1. The van der Waals surface area contributed by atoms with Crippen molar-refractivity contribution in [1.82, 2.24) is 14.9 Å². The van der Waals surface area contributed by atoms with Gasteiger partial charge in [0, 0.05) is 30.6 Å². The van der Waals surface area contributed by atoms with Crippen molar-refractivity contribution in [3.8, 4) is 0 Å². The minimum Gasteiger partial charge on any atom is -0.314 e. The van der Waals surface area contributed by atoms with Gasteiger partial charge in [0.05, 0.1) is 0 Å². The normalized spacial score (nSPS) is 12.5. The monoisotopic (exact) mass is 319 g/mol. The van der Waals surface area contributed by atoms with E-state index in [1.54, 1.807) is 6.07 Å². The van der Waals surface area contributed by atoms with E-state index in [0.717, 1.165) is 17.8 Å². The molecule has 0 saturated carbocycles. The van der Waals surface area contributed by atoms with Gasteiger partial charge in [-0.25, -0.2) is 13.1 Å². The first-order valence-electron chi connectivity index (χ1n) is 6.78. The zero-order valence-corrected chi connectivity index (χ0v) is 14.3. The Morgan fingerprint density at radius 2 is 1.95 bits per heavy atom. The Balaban J connectivity index is 2.52. The first-order valence-corrected chi connectivity index (χ1v) is 9.07. The van der Waals surface area contributed by atoms with Gasteiger partial charge in [-0.3, -0.25) is 0 Å². The molecule has 116 valence electrons. The van der Waals surface area contributed by atoms with Gasteiger partial charge in [0.15, 0.2) is 0 Å². The van der Waals surface area contributed by atoms with Crippen LogP contribution >= 0.6 is 11.3 Å². The average molecular weight is 319 g/mol. The molecule has 0 aliphatic heterocycles. The van der Waals surface area contributed by atoms with Crippen LogP contribution in [0.1, 0.15) is 18.7 Å². The largest absolute Gasteiger partial charge is 0.314 e. The molecule has 1 aromatic heterocycles. The van der Waals surface area contributed by atoms with Crippen molar-refractivity contribution in [2.75, 3.05) is 33.7 Å². The molecule has 0 radical (unpaired) electrons. The third-order valence-corrected chi connectivity index (χ3v) is 5.77. The van der Waals surface area contributed by atoms with Crippen LogP contribution in [0.5, 0.6) is 0 Å². The molecule has 1 heterocycles. The van der Waals surface area contributed by atoms with E-state index in [9.17, 15) is 8.42 Å². The molecule has 1 rings (SSSR count). The third kappa shape index (κ3) is 6.32. The maximum Gasteiger partial charge on any atom is 0.250 e. The second kappa shape index (κ2) is 8.09. The summed E-state index contributed by atoms with van der Waals surface area (Å²) >= 11 is 1.35. The van der Waals surface area contributed by atoms with Crippen molar-refractivity contribution in [1.29, 1.82) is 0 Å². The fraction of sp³-hybridized carbons (Fsp3) is 0.692. The minimum atomic E-state index is -3.36. The lowest BCUT2D eigenvalue weighted by Gasteiger charge is -2.10. The highest BCUT2D eigenvalue weighted by atomic mass is 32.2. The van der Waals surface area contributed by atoms with Crippen molar-refractivity contribution < 1.29 is 8.42 Å². The maximum absolute atomic E-state index is 12.1. The SMILES string of the molecule is CC(C)NCCc1ccc(S(=O)(=O)NCCN(C)C)s1. The van der Waals surface area contributed by atoms with E-state index in [1.165, 1.54) is 11.3 Å². The number of hydrogen-bond donors (Lipinski definition) is 2. The maximum atomic E-state index is 12.1. The first kappa shape index (κ1) is 17.6. The van der Waals surface area contributed by atoms with E-state index in [1.807, 2.05) is 25.1 Å². The van der Waals surface area contributed by atoms with E-state index >= 15 is 0 Å². The summed E-state index contributed by atoms with van der Waals surface area (Å²) in [4.78, 5) is 3.03. The predicted octanol–water partition coefficient (Wildman–Crippen LogP) is 1.13. The fourth-order valence-electron chi connectivity index (χ4n) is 1.60. The van der Waals surface area contributed by atoms with Crippen molar-refractivity contribution in [3.05, 3.63) is 17.0 Å². The van der Waals surface area contributed by atoms with Crippen molar-refractivity contribution in [2.24, 2.45) is 0 Å². The fourth-order valence-corrected chi connectivity index (χ4v) is 4.02. The van der Waals surface area contributed by atoms with Crippen LogP contribution in [0, 0.1) is 0 Å². The molecule has 0 unspecified atom stereocenters. The lowest BCUT2D eigenvalue weighted by Crippen LogP contribution is -2.30. The minimum absolute atomic E-state index is 0.399. The number of rotatable bonds is 9. The molecular weight excluding hydrogens is 294 g/mol. The molecule has 0 fully saturated rings. The van der Waals surface area contributed by atoms with Crippen molar-refractivity contribution in [2.45, 2.75) is 30.5 Å². The molecule has 0 aromatic carbocycles. The molecule has 2 N–H and O–H groups in total. The molecule has 0 amide bonds. The molecule has 0 aliphatic carbocycles. The summed E-state index contributed by atoms with van der Waals surface area (Å²) < 4.78 is 27.2. The number of sulfonamides is 1. The summed E-state index contributed by atoms with van der Waals surface area (Å²) in [6, 6.07) is 4.03. The first-order chi connectivity index (χ1) is 9.31. The smallest absolute Gasteiger partial charge is 0.250 e. The molecule has 1 aromatic rings. The van der Waals surface area contributed by atoms with Gasteiger partial charge in [0.2, 0.25) is 10.0 Å². The van der Waals surface area contributed by atoms with Crippen LogP contribution in [0.2, 0.25) is 0 Å². The van der Waals surface area contributed by atoms with Crippen LogP contribution in [0.3, 0.4) is 0 Å². The molecule has 20 heavy (non-hydrogen) atoms. The Kier molecular flexibility index (Phi) is 7.11. The Labute approximate surface area is 126 Å². The Morgan fingerprint density at radius 1 is 1.25 bits per heavy atom. The summed E-state index contributed by atoms with van der Waals surface area (Å²) in [5.41, 5.74) is 0. The second-order valence-corrected chi connectivity index (χ2v) is 8.44. The Bertz CT molecular complexity index is 495. The van der Waals surface area contributed by atoms with E-state index in [-0.39, 0.29) is 0 Å². The molecule has 0 aliphatic rings. The van der Waals surface area contributed by atoms with Gasteiger partial charge >= 0.3 is 0 Å². The van der Waals surface area contributed by atoms with Crippen molar-refractivity contribution >= 4 is 21.4 Å². The molecule has 0 spiro atoms. The van der Waals surface area contributed by atoms with E-state index in [4.69, 9.17) is 0 Å². The predicted molar refractivity (Wildman–Crippen MR) is 84.9 cm³/mol. The molecule has 5 nitrogen and oxygen atoms in total. The summed E-state index contributed by atoms with van der Waals surface area (Å²) in [7, 11) is 0.477. The number of hydrogen-bond acceptors (Lipinski definition) is 5. The molecule has 7 heteroatoms.